The van der Waals surface area contributed by atoms with Crippen LogP contribution < -0.4 is 15.5 Å². The predicted octanol–water partition coefficient (Wildman–Crippen LogP) is 4.09. The van der Waals surface area contributed by atoms with Crippen LogP contribution >= 0.6 is 0 Å². The highest BCUT2D eigenvalue weighted by molar-refractivity contribution is 5.97. The van der Waals surface area contributed by atoms with Crippen LogP contribution in [0.2, 0.25) is 0 Å². The molecule has 38 heavy (non-hydrogen) atoms. The Labute approximate surface area is 221 Å². The van der Waals surface area contributed by atoms with Gasteiger partial charge in [0.25, 0.3) is 5.91 Å². The van der Waals surface area contributed by atoms with Gasteiger partial charge in [0.1, 0.15) is 12.1 Å². The Morgan fingerprint density at radius 3 is 2.34 bits per heavy atom. The number of likely N-dealkylation sites (tertiary alicyclic amines) is 1. The van der Waals surface area contributed by atoms with E-state index in [0.29, 0.717) is 32.6 Å². The number of anilines is 2. The maximum absolute atomic E-state index is 13.8. The van der Waals surface area contributed by atoms with Crippen molar-refractivity contribution < 1.29 is 23.2 Å². The molecule has 2 saturated heterocycles. The number of nitrogens with zero attached hydrogens (tertiary/aromatic N) is 3. The molecule has 0 aromatic heterocycles. The Morgan fingerprint density at radius 1 is 0.947 bits per heavy atom. The topological polar surface area (TPSA) is 85.0 Å². The summed E-state index contributed by atoms with van der Waals surface area (Å²) < 4.78 is 26.8. The molecule has 2 aromatic rings. The van der Waals surface area contributed by atoms with Gasteiger partial charge in [-0.25, -0.2) is 13.6 Å². The zero-order valence-electron chi connectivity index (χ0n) is 21.3. The Kier molecular flexibility index (Phi) is 7.49. The normalized spacial score (nSPS) is 19.6. The van der Waals surface area contributed by atoms with E-state index in [1.165, 1.54) is 12.5 Å². The SMILES string of the molecule is O=C(CN1CN(c2ccccc2)C2(CCN(C(=O)Nc3ccc(F)c(F)c3)CC2)C1=O)NC1CCCCC1. The average molecular weight is 526 g/mol. The Bertz CT molecular complexity index is 1180. The molecule has 8 nitrogen and oxygen atoms in total. The summed E-state index contributed by atoms with van der Waals surface area (Å²) in [6, 6.07) is 12.6. The first-order valence-corrected chi connectivity index (χ1v) is 13.3. The first kappa shape index (κ1) is 25.9. The lowest BCUT2D eigenvalue weighted by molar-refractivity contribution is -0.137. The molecule has 10 heteroatoms. The summed E-state index contributed by atoms with van der Waals surface area (Å²) >= 11 is 0. The van der Waals surface area contributed by atoms with Crippen LogP contribution in [0.4, 0.5) is 25.0 Å². The van der Waals surface area contributed by atoms with Gasteiger partial charge >= 0.3 is 6.03 Å². The highest BCUT2D eigenvalue weighted by atomic mass is 19.2. The third-order valence-electron chi connectivity index (χ3n) is 7.94. The van der Waals surface area contributed by atoms with E-state index in [9.17, 15) is 23.2 Å². The van der Waals surface area contributed by atoms with E-state index in [-0.39, 0.29) is 30.1 Å². The number of hydrogen-bond acceptors (Lipinski definition) is 4. The zero-order chi connectivity index (χ0) is 26.7. The minimum Gasteiger partial charge on any atom is -0.352 e. The summed E-state index contributed by atoms with van der Waals surface area (Å²) in [6.45, 7) is 0.891. The number of hydrogen-bond donors (Lipinski definition) is 2. The smallest absolute Gasteiger partial charge is 0.321 e. The molecular formula is C28H33F2N5O3. The number of amides is 4. The molecule has 0 radical (unpaired) electrons. The molecule has 2 aromatic carbocycles. The first-order valence-electron chi connectivity index (χ1n) is 13.3. The molecule has 0 unspecified atom stereocenters. The number of para-hydroxylation sites is 1. The van der Waals surface area contributed by atoms with E-state index >= 15 is 0 Å². The summed E-state index contributed by atoms with van der Waals surface area (Å²) in [6.07, 6.45) is 6.13. The number of rotatable bonds is 5. The van der Waals surface area contributed by atoms with Gasteiger partial charge in [-0.1, -0.05) is 37.5 Å². The van der Waals surface area contributed by atoms with E-state index in [0.717, 1.165) is 43.5 Å². The van der Waals surface area contributed by atoms with Crippen LogP contribution in [0.25, 0.3) is 0 Å². The summed E-state index contributed by atoms with van der Waals surface area (Å²) in [7, 11) is 0. The Morgan fingerprint density at radius 2 is 1.66 bits per heavy atom. The van der Waals surface area contributed by atoms with Crippen molar-refractivity contribution in [3.8, 4) is 0 Å². The van der Waals surface area contributed by atoms with Crippen molar-refractivity contribution in [2.75, 3.05) is 36.5 Å². The fourth-order valence-corrected chi connectivity index (χ4v) is 5.87. The monoisotopic (exact) mass is 525 g/mol. The number of carbonyl (C=O) groups excluding carboxylic acids is 3. The van der Waals surface area contributed by atoms with Gasteiger partial charge in [0.15, 0.2) is 11.6 Å². The molecule has 2 N–H and O–H groups in total. The molecule has 5 rings (SSSR count). The molecule has 1 spiro atoms. The third-order valence-corrected chi connectivity index (χ3v) is 7.94. The summed E-state index contributed by atoms with van der Waals surface area (Å²) in [4.78, 5) is 44.8. The van der Waals surface area contributed by atoms with Crippen molar-refractivity contribution in [1.29, 1.82) is 0 Å². The second kappa shape index (κ2) is 11.0. The molecule has 0 atom stereocenters. The van der Waals surface area contributed by atoms with Crippen molar-refractivity contribution in [3.63, 3.8) is 0 Å². The van der Waals surface area contributed by atoms with Crippen LogP contribution in [0.5, 0.6) is 0 Å². The van der Waals surface area contributed by atoms with E-state index < -0.39 is 23.2 Å². The van der Waals surface area contributed by atoms with Crippen molar-refractivity contribution in [2.45, 2.75) is 56.5 Å². The Hall–Kier alpha value is -3.69. The van der Waals surface area contributed by atoms with Gasteiger partial charge in [0, 0.05) is 36.6 Å². The van der Waals surface area contributed by atoms with Crippen LogP contribution in [0.1, 0.15) is 44.9 Å². The standard InChI is InChI=1S/C28H33F2N5O3/c29-23-12-11-21(17-24(23)30)32-27(38)33-15-13-28(14-16-33)26(37)34(19-35(28)22-9-5-2-6-10-22)18-25(36)31-20-7-3-1-4-8-20/h2,5-6,9-12,17,20H,1,3-4,7-8,13-16,18-19H2,(H,31,36)(H,32,38). The van der Waals surface area contributed by atoms with Crippen LogP contribution in [-0.4, -0.2) is 65.5 Å². The van der Waals surface area contributed by atoms with Gasteiger partial charge in [0.05, 0.1) is 6.67 Å². The number of piperidine rings is 1. The summed E-state index contributed by atoms with van der Waals surface area (Å²) in [5, 5.41) is 5.71. The van der Waals surface area contributed by atoms with E-state index in [4.69, 9.17) is 0 Å². The minimum absolute atomic E-state index is 0.000742. The van der Waals surface area contributed by atoms with Crippen molar-refractivity contribution in [2.24, 2.45) is 0 Å². The molecule has 3 aliphatic rings. The number of carbonyl (C=O) groups is 3. The van der Waals surface area contributed by atoms with Gasteiger partial charge in [0.2, 0.25) is 5.91 Å². The van der Waals surface area contributed by atoms with E-state index in [1.54, 1.807) is 9.80 Å². The van der Waals surface area contributed by atoms with Crippen LogP contribution in [-0.2, 0) is 9.59 Å². The van der Waals surface area contributed by atoms with Crippen molar-refractivity contribution in [3.05, 3.63) is 60.2 Å². The fraction of sp³-hybridized carbons (Fsp3) is 0.464. The molecule has 4 amide bonds. The maximum Gasteiger partial charge on any atom is 0.321 e. The molecule has 3 fully saturated rings. The number of benzene rings is 2. The number of urea groups is 1. The van der Waals surface area contributed by atoms with Crippen molar-refractivity contribution >= 4 is 29.2 Å². The number of nitrogens with one attached hydrogen (secondary N) is 2. The molecule has 202 valence electrons. The molecule has 1 saturated carbocycles. The molecule has 1 aliphatic carbocycles. The van der Waals surface area contributed by atoms with Crippen LogP contribution in [0.3, 0.4) is 0 Å². The van der Waals surface area contributed by atoms with Crippen LogP contribution in [0, 0.1) is 11.6 Å². The molecule has 2 heterocycles. The van der Waals surface area contributed by atoms with E-state index in [2.05, 4.69) is 10.6 Å². The van der Waals surface area contributed by atoms with Gasteiger partial charge in [-0.2, -0.15) is 0 Å². The van der Waals surface area contributed by atoms with E-state index in [1.807, 2.05) is 35.2 Å². The van der Waals surface area contributed by atoms with Gasteiger partial charge in [-0.05, 0) is 49.9 Å². The van der Waals surface area contributed by atoms with Crippen molar-refractivity contribution in [1.82, 2.24) is 15.1 Å². The van der Waals surface area contributed by atoms with Gasteiger partial charge in [-0.15, -0.1) is 0 Å². The van der Waals surface area contributed by atoms with Crippen LogP contribution in [0.15, 0.2) is 48.5 Å². The highest BCUT2D eigenvalue weighted by Crippen LogP contribution is 2.39. The zero-order valence-corrected chi connectivity index (χ0v) is 21.3. The Balaban J connectivity index is 1.28. The highest BCUT2D eigenvalue weighted by Gasteiger charge is 2.54. The second-order valence-corrected chi connectivity index (χ2v) is 10.4. The molecular weight excluding hydrogens is 492 g/mol. The maximum atomic E-state index is 13.8. The molecule has 2 aliphatic heterocycles. The van der Waals surface area contributed by atoms with Gasteiger partial charge in [-0.3, -0.25) is 9.59 Å². The lowest BCUT2D eigenvalue weighted by atomic mass is 9.85. The average Bonchev–Trinajstić information content (AvgIpc) is 3.18. The predicted molar refractivity (Wildman–Crippen MR) is 139 cm³/mol. The molecule has 0 bridgehead atoms. The lowest BCUT2D eigenvalue weighted by Gasteiger charge is -2.43. The lowest BCUT2D eigenvalue weighted by Crippen LogP contribution is -2.58. The first-order chi connectivity index (χ1) is 18.4. The second-order valence-electron chi connectivity index (χ2n) is 10.4. The summed E-state index contributed by atoms with van der Waals surface area (Å²) in [5.41, 5.74) is 0.175. The number of halogens is 2. The quantitative estimate of drug-likeness (QED) is 0.616. The van der Waals surface area contributed by atoms with Gasteiger partial charge < -0.3 is 25.3 Å². The fourth-order valence-electron chi connectivity index (χ4n) is 5.87. The summed E-state index contributed by atoms with van der Waals surface area (Å²) in [5.74, 6) is -2.27. The minimum atomic E-state index is -1.04. The largest absolute Gasteiger partial charge is 0.352 e. The third kappa shape index (κ3) is 5.30.